The van der Waals surface area contributed by atoms with Gasteiger partial charge in [-0.25, -0.2) is 8.42 Å². The summed E-state index contributed by atoms with van der Waals surface area (Å²) in [5, 5.41) is 2.74. The Kier molecular flexibility index (Phi) is 5.79. The van der Waals surface area contributed by atoms with Crippen LogP contribution in [-0.2, 0) is 14.6 Å². The fourth-order valence-corrected chi connectivity index (χ4v) is 4.01. The van der Waals surface area contributed by atoms with Crippen molar-refractivity contribution in [2.75, 3.05) is 12.3 Å². The van der Waals surface area contributed by atoms with Gasteiger partial charge in [-0.05, 0) is 24.5 Å². The Labute approximate surface area is 126 Å². The van der Waals surface area contributed by atoms with Crippen molar-refractivity contribution in [3.63, 3.8) is 0 Å². The zero-order chi connectivity index (χ0) is 15.1. The molecule has 0 unspecified atom stereocenters. The van der Waals surface area contributed by atoms with Gasteiger partial charge < -0.3 is 5.32 Å². The van der Waals surface area contributed by atoms with Crippen LogP contribution in [0.2, 0.25) is 0 Å². The zero-order valence-electron chi connectivity index (χ0n) is 12.3. The highest BCUT2D eigenvalue weighted by molar-refractivity contribution is 7.92. The summed E-state index contributed by atoms with van der Waals surface area (Å²) in [5.41, 5.74) is 0. The van der Waals surface area contributed by atoms with Crippen LogP contribution < -0.4 is 5.32 Å². The molecule has 1 N–H and O–H groups in total. The van der Waals surface area contributed by atoms with Gasteiger partial charge in [0.1, 0.15) is 5.75 Å². The van der Waals surface area contributed by atoms with Crippen molar-refractivity contribution in [2.24, 2.45) is 5.92 Å². The predicted molar refractivity (Wildman–Crippen MR) is 82.7 cm³/mol. The first-order chi connectivity index (χ1) is 10.1. The Bertz CT molecular complexity index is 548. The van der Waals surface area contributed by atoms with Crippen LogP contribution in [0.25, 0.3) is 0 Å². The number of rotatable bonds is 6. The standard InChI is InChI=1S/C16H23NO3S/c18-16(17-12-11-14-7-3-1-4-8-14)13-21(19,20)15-9-5-2-6-10-15/h2,5-6,9-10,14H,1,3-4,7-8,11-13H2,(H,17,18). The van der Waals surface area contributed by atoms with Crippen LogP contribution in [0.3, 0.4) is 0 Å². The molecule has 0 bridgehead atoms. The van der Waals surface area contributed by atoms with E-state index in [0.29, 0.717) is 12.5 Å². The molecule has 0 spiro atoms. The molecule has 0 radical (unpaired) electrons. The lowest BCUT2D eigenvalue weighted by atomic mass is 9.87. The maximum Gasteiger partial charge on any atom is 0.235 e. The SMILES string of the molecule is O=C(CS(=O)(=O)c1ccccc1)NCCC1CCCCC1. The molecule has 0 saturated heterocycles. The zero-order valence-corrected chi connectivity index (χ0v) is 13.1. The maximum absolute atomic E-state index is 12.0. The topological polar surface area (TPSA) is 63.2 Å². The highest BCUT2D eigenvalue weighted by atomic mass is 32.2. The fourth-order valence-electron chi connectivity index (χ4n) is 2.83. The average molecular weight is 309 g/mol. The van der Waals surface area contributed by atoms with Crippen molar-refractivity contribution in [1.82, 2.24) is 5.32 Å². The number of hydrogen-bond donors (Lipinski definition) is 1. The summed E-state index contributed by atoms with van der Waals surface area (Å²) in [5.74, 6) is -0.193. The van der Waals surface area contributed by atoms with Gasteiger partial charge in [-0.15, -0.1) is 0 Å². The summed E-state index contributed by atoms with van der Waals surface area (Å²) in [7, 11) is -3.53. The summed E-state index contributed by atoms with van der Waals surface area (Å²) in [4.78, 5) is 12.0. The first-order valence-electron chi connectivity index (χ1n) is 7.62. The summed E-state index contributed by atoms with van der Waals surface area (Å²) >= 11 is 0. The molecular formula is C16H23NO3S. The van der Waals surface area contributed by atoms with E-state index in [4.69, 9.17) is 0 Å². The first kappa shape index (κ1) is 16.0. The molecule has 116 valence electrons. The van der Waals surface area contributed by atoms with Crippen molar-refractivity contribution >= 4 is 15.7 Å². The average Bonchev–Trinajstić information content (AvgIpc) is 2.49. The Balaban J connectivity index is 1.76. The molecule has 2 rings (SSSR count). The van der Waals surface area contributed by atoms with E-state index in [1.165, 1.54) is 44.2 Å². The van der Waals surface area contributed by atoms with Crippen LogP contribution in [0.1, 0.15) is 38.5 Å². The Morgan fingerprint density at radius 3 is 2.43 bits per heavy atom. The third-order valence-electron chi connectivity index (χ3n) is 4.02. The van der Waals surface area contributed by atoms with Crippen LogP contribution in [0.4, 0.5) is 0 Å². The largest absolute Gasteiger partial charge is 0.355 e. The third-order valence-corrected chi connectivity index (χ3v) is 5.66. The molecular weight excluding hydrogens is 286 g/mol. The van der Waals surface area contributed by atoms with Gasteiger partial charge in [0.2, 0.25) is 5.91 Å². The van der Waals surface area contributed by atoms with Gasteiger partial charge in [0, 0.05) is 6.54 Å². The molecule has 1 aliphatic rings. The fraction of sp³-hybridized carbons (Fsp3) is 0.562. The number of carbonyl (C=O) groups is 1. The quantitative estimate of drug-likeness (QED) is 0.878. The van der Waals surface area contributed by atoms with E-state index in [1.807, 2.05) is 0 Å². The Morgan fingerprint density at radius 1 is 1.10 bits per heavy atom. The molecule has 0 aromatic heterocycles. The van der Waals surface area contributed by atoms with Gasteiger partial charge in [-0.3, -0.25) is 4.79 Å². The normalized spacial score (nSPS) is 16.6. The van der Waals surface area contributed by atoms with Crippen molar-refractivity contribution in [2.45, 2.75) is 43.4 Å². The number of nitrogens with one attached hydrogen (secondary N) is 1. The molecule has 1 saturated carbocycles. The van der Waals surface area contributed by atoms with E-state index in [9.17, 15) is 13.2 Å². The first-order valence-corrected chi connectivity index (χ1v) is 9.28. The van der Waals surface area contributed by atoms with E-state index in [2.05, 4.69) is 5.32 Å². The summed E-state index contributed by atoms with van der Waals surface area (Å²) in [6.07, 6.45) is 7.30. The Morgan fingerprint density at radius 2 is 1.76 bits per heavy atom. The van der Waals surface area contributed by atoms with Crippen LogP contribution in [0, 0.1) is 5.92 Å². The molecule has 4 nitrogen and oxygen atoms in total. The summed E-state index contributed by atoms with van der Waals surface area (Å²) < 4.78 is 24.1. The second-order valence-corrected chi connectivity index (χ2v) is 7.70. The summed E-state index contributed by atoms with van der Waals surface area (Å²) in [6.45, 7) is 0.577. The monoisotopic (exact) mass is 309 g/mol. The smallest absolute Gasteiger partial charge is 0.235 e. The molecule has 5 heteroatoms. The number of sulfone groups is 1. The minimum atomic E-state index is -3.53. The van der Waals surface area contributed by atoms with Crippen molar-refractivity contribution in [1.29, 1.82) is 0 Å². The van der Waals surface area contributed by atoms with E-state index >= 15 is 0 Å². The van der Waals surface area contributed by atoms with Crippen LogP contribution >= 0.6 is 0 Å². The van der Waals surface area contributed by atoms with Gasteiger partial charge in [0.05, 0.1) is 4.90 Å². The number of benzene rings is 1. The third kappa shape index (κ3) is 5.16. The number of carbonyl (C=O) groups excluding carboxylic acids is 1. The van der Waals surface area contributed by atoms with Gasteiger partial charge in [-0.1, -0.05) is 50.3 Å². The molecule has 0 atom stereocenters. The van der Waals surface area contributed by atoms with Crippen LogP contribution in [0.5, 0.6) is 0 Å². The van der Waals surface area contributed by atoms with Crippen molar-refractivity contribution in [3.8, 4) is 0 Å². The van der Waals surface area contributed by atoms with Gasteiger partial charge in [0.25, 0.3) is 0 Å². The van der Waals surface area contributed by atoms with E-state index in [0.717, 1.165) is 6.42 Å². The molecule has 21 heavy (non-hydrogen) atoms. The van der Waals surface area contributed by atoms with Gasteiger partial charge in [0.15, 0.2) is 9.84 Å². The van der Waals surface area contributed by atoms with Gasteiger partial charge >= 0.3 is 0 Å². The maximum atomic E-state index is 12.0. The number of amides is 1. The van der Waals surface area contributed by atoms with E-state index in [-0.39, 0.29) is 4.90 Å². The second kappa shape index (κ2) is 7.59. The molecule has 0 aliphatic heterocycles. The summed E-state index contributed by atoms with van der Waals surface area (Å²) in [6, 6.07) is 8.11. The molecule has 1 aliphatic carbocycles. The minimum Gasteiger partial charge on any atom is -0.355 e. The molecule has 1 fully saturated rings. The van der Waals surface area contributed by atoms with Crippen LogP contribution in [-0.4, -0.2) is 26.6 Å². The van der Waals surface area contributed by atoms with Gasteiger partial charge in [-0.2, -0.15) is 0 Å². The number of hydrogen-bond acceptors (Lipinski definition) is 3. The lowest BCUT2D eigenvalue weighted by molar-refractivity contribution is -0.118. The second-order valence-electron chi connectivity index (χ2n) is 5.71. The predicted octanol–water partition coefficient (Wildman–Crippen LogP) is 2.55. The van der Waals surface area contributed by atoms with E-state index < -0.39 is 21.5 Å². The molecule has 1 aromatic rings. The van der Waals surface area contributed by atoms with Crippen molar-refractivity contribution in [3.05, 3.63) is 30.3 Å². The molecule has 1 aromatic carbocycles. The molecule has 0 heterocycles. The highest BCUT2D eigenvalue weighted by Gasteiger charge is 2.19. The van der Waals surface area contributed by atoms with E-state index in [1.54, 1.807) is 18.2 Å². The lowest BCUT2D eigenvalue weighted by Crippen LogP contribution is -2.32. The van der Waals surface area contributed by atoms with Crippen LogP contribution in [0.15, 0.2) is 35.2 Å². The molecule has 1 amide bonds. The Hall–Kier alpha value is -1.36. The minimum absolute atomic E-state index is 0.201. The lowest BCUT2D eigenvalue weighted by Gasteiger charge is -2.21. The van der Waals surface area contributed by atoms with Crippen molar-refractivity contribution < 1.29 is 13.2 Å². The highest BCUT2D eigenvalue weighted by Crippen LogP contribution is 2.25.